The second-order valence-corrected chi connectivity index (χ2v) is 4.93. The quantitative estimate of drug-likeness (QED) is 0.511. The number of thiocarbonyl (C=S) groups is 1. The molecule has 1 atom stereocenters. The van der Waals surface area contributed by atoms with Crippen molar-refractivity contribution in [2.75, 3.05) is 5.32 Å². The molecule has 0 spiro atoms. The first-order valence-corrected chi connectivity index (χ1v) is 6.97. The first-order chi connectivity index (χ1) is 10.2. The van der Waals surface area contributed by atoms with Gasteiger partial charge in [-0.2, -0.15) is 5.10 Å². The van der Waals surface area contributed by atoms with Gasteiger partial charge in [0, 0.05) is 12.1 Å². The Hall–Kier alpha value is -2.27. The Bertz CT molecular complexity index is 628. The van der Waals surface area contributed by atoms with Crippen molar-refractivity contribution in [1.82, 2.24) is 5.43 Å². The van der Waals surface area contributed by atoms with Crippen molar-refractivity contribution in [3.8, 4) is 0 Å². The zero-order valence-electron chi connectivity index (χ0n) is 11.6. The van der Waals surface area contributed by atoms with Gasteiger partial charge in [0.1, 0.15) is 5.82 Å². The largest absolute Gasteiger partial charge is 0.329 e. The fourth-order valence-corrected chi connectivity index (χ4v) is 1.93. The van der Waals surface area contributed by atoms with Crippen molar-refractivity contribution in [3.63, 3.8) is 0 Å². The van der Waals surface area contributed by atoms with Crippen LogP contribution in [0.4, 0.5) is 10.1 Å². The molecule has 108 valence electrons. The van der Waals surface area contributed by atoms with Crippen LogP contribution in [0, 0.1) is 5.82 Å². The highest BCUT2D eigenvalue weighted by atomic mass is 32.1. The molecule has 0 unspecified atom stereocenters. The van der Waals surface area contributed by atoms with Crippen molar-refractivity contribution >= 4 is 29.2 Å². The molecule has 3 nitrogen and oxygen atoms in total. The third-order valence-corrected chi connectivity index (χ3v) is 3.10. The molecule has 0 saturated heterocycles. The number of halogens is 1. The minimum atomic E-state index is -0.358. The third-order valence-electron chi connectivity index (χ3n) is 2.91. The highest BCUT2D eigenvalue weighted by molar-refractivity contribution is 7.80. The molecule has 0 bridgehead atoms. The standard InChI is InChI=1S/C16H16FN3S/c1-12(13-7-3-2-4-8-13)11-18-20-16(21)19-15-10-6-5-9-14(15)17/h2-12H,1H3,(H2,19,20,21)/b18-11-/t12-/m1/s1. The van der Waals surface area contributed by atoms with Crippen molar-refractivity contribution in [3.05, 3.63) is 66.0 Å². The summed E-state index contributed by atoms with van der Waals surface area (Å²) < 4.78 is 13.4. The van der Waals surface area contributed by atoms with Gasteiger partial charge in [0.25, 0.3) is 0 Å². The monoisotopic (exact) mass is 301 g/mol. The summed E-state index contributed by atoms with van der Waals surface area (Å²) in [6.07, 6.45) is 1.75. The first kappa shape index (κ1) is 15.1. The molecule has 0 heterocycles. The summed E-state index contributed by atoms with van der Waals surface area (Å²) >= 11 is 5.06. The second kappa shape index (κ2) is 7.50. The van der Waals surface area contributed by atoms with Gasteiger partial charge in [0.05, 0.1) is 5.69 Å². The highest BCUT2D eigenvalue weighted by Crippen LogP contribution is 2.12. The summed E-state index contributed by atoms with van der Waals surface area (Å²) in [6.45, 7) is 2.04. The van der Waals surface area contributed by atoms with Gasteiger partial charge in [-0.05, 0) is 29.9 Å². The van der Waals surface area contributed by atoms with Crippen LogP contribution in [-0.2, 0) is 0 Å². The number of hydrogen-bond acceptors (Lipinski definition) is 2. The number of benzene rings is 2. The summed E-state index contributed by atoms with van der Waals surface area (Å²) in [4.78, 5) is 0. The van der Waals surface area contributed by atoms with Gasteiger partial charge in [-0.15, -0.1) is 0 Å². The maximum Gasteiger partial charge on any atom is 0.191 e. The fraction of sp³-hybridized carbons (Fsp3) is 0.125. The molecule has 21 heavy (non-hydrogen) atoms. The predicted molar refractivity (Wildman–Crippen MR) is 89.1 cm³/mol. The van der Waals surface area contributed by atoms with E-state index in [0.29, 0.717) is 5.69 Å². The average molecular weight is 301 g/mol. The van der Waals surface area contributed by atoms with E-state index in [1.807, 2.05) is 37.3 Å². The molecule has 0 aliphatic carbocycles. The lowest BCUT2D eigenvalue weighted by molar-refractivity contribution is 0.632. The van der Waals surface area contributed by atoms with Crippen molar-refractivity contribution in [2.24, 2.45) is 5.10 Å². The maximum atomic E-state index is 13.4. The van der Waals surface area contributed by atoms with E-state index in [1.165, 1.54) is 6.07 Å². The summed E-state index contributed by atoms with van der Waals surface area (Å²) in [5.41, 5.74) is 4.17. The number of para-hydroxylation sites is 1. The summed E-state index contributed by atoms with van der Waals surface area (Å²) in [5, 5.41) is 7.07. The Labute approximate surface area is 128 Å². The lowest BCUT2D eigenvalue weighted by Gasteiger charge is -2.09. The van der Waals surface area contributed by atoms with E-state index in [-0.39, 0.29) is 16.8 Å². The Balaban J connectivity index is 1.87. The van der Waals surface area contributed by atoms with Gasteiger partial charge in [-0.1, -0.05) is 49.4 Å². The topological polar surface area (TPSA) is 36.4 Å². The third kappa shape index (κ3) is 4.65. The van der Waals surface area contributed by atoms with Crippen molar-refractivity contribution < 1.29 is 4.39 Å². The SMILES string of the molecule is C[C@H](/C=N\NC(=S)Nc1ccccc1F)c1ccccc1. The van der Waals surface area contributed by atoms with Crippen LogP contribution in [0.2, 0.25) is 0 Å². The van der Waals surface area contributed by atoms with E-state index in [4.69, 9.17) is 12.2 Å². The minimum absolute atomic E-state index is 0.162. The Morgan fingerprint density at radius 1 is 1.14 bits per heavy atom. The van der Waals surface area contributed by atoms with Gasteiger partial charge in [0.2, 0.25) is 0 Å². The molecule has 0 amide bonds. The Kier molecular flexibility index (Phi) is 5.40. The van der Waals surface area contributed by atoms with E-state index in [1.54, 1.807) is 24.4 Å². The highest BCUT2D eigenvalue weighted by Gasteiger charge is 2.03. The molecule has 0 saturated carbocycles. The molecule has 2 rings (SSSR count). The molecule has 2 aromatic rings. The average Bonchev–Trinajstić information content (AvgIpc) is 2.50. The van der Waals surface area contributed by atoms with Crippen LogP contribution in [0.1, 0.15) is 18.4 Å². The number of hydrogen-bond donors (Lipinski definition) is 2. The van der Waals surface area contributed by atoms with E-state index >= 15 is 0 Å². The van der Waals surface area contributed by atoms with Gasteiger partial charge < -0.3 is 5.32 Å². The summed E-state index contributed by atoms with van der Waals surface area (Å²) in [5.74, 6) is -0.196. The molecular formula is C16H16FN3S. The second-order valence-electron chi connectivity index (χ2n) is 4.52. The van der Waals surface area contributed by atoms with Gasteiger partial charge >= 0.3 is 0 Å². The maximum absolute atomic E-state index is 13.4. The number of rotatable bonds is 4. The molecule has 2 aromatic carbocycles. The van der Waals surface area contributed by atoms with Gasteiger partial charge in [-0.25, -0.2) is 4.39 Å². The molecule has 0 aliphatic heterocycles. The van der Waals surface area contributed by atoms with E-state index < -0.39 is 0 Å². The van der Waals surface area contributed by atoms with Crippen LogP contribution < -0.4 is 10.7 Å². The lowest BCUT2D eigenvalue weighted by Crippen LogP contribution is -2.24. The predicted octanol–water partition coefficient (Wildman–Crippen LogP) is 3.90. The van der Waals surface area contributed by atoms with Crippen molar-refractivity contribution in [2.45, 2.75) is 12.8 Å². The van der Waals surface area contributed by atoms with Crippen molar-refractivity contribution in [1.29, 1.82) is 0 Å². The minimum Gasteiger partial charge on any atom is -0.329 e. The summed E-state index contributed by atoms with van der Waals surface area (Å²) in [6, 6.07) is 16.3. The Morgan fingerprint density at radius 2 is 1.81 bits per heavy atom. The molecular weight excluding hydrogens is 285 g/mol. The fourth-order valence-electron chi connectivity index (χ4n) is 1.76. The van der Waals surface area contributed by atoms with E-state index in [9.17, 15) is 4.39 Å². The summed E-state index contributed by atoms with van der Waals surface area (Å²) in [7, 11) is 0. The zero-order chi connectivity index (χ0) is 15.1. The van der Waals surface area contributed by atoms with Gasteiger partial charge in [0.15, 0.2) is 5.11 Å². The molecule has 0 aliphatic rings. The van der Waals surface area contributed by atoms with E-state index in [2.05, 4.69) is 15.8 Å². The zero-order valence-corrected chi connectivity index (χ0v) is 12.4. The molecule has 2 N–H and O–H groups in total. The Morgan fingerprint density at radius 3 is 2.52 bits per heavy atom. The lowest BCUT2D eigenvalue weighted by atomic mass is 10.0. The van der Waals surface area contributed by atoms with Crippen LogP contribution in [0.15, 0.2) is 59.7 Å². The smallest absolute Gasteiger partial charge is 0.191 e. The number of nitrogens with one attached hydrogen (secondary N) is 2. The van der Waals surface area contributed by atoms with E-state index in [0.717, 1.165) is 5.56 Å². The normalized spacial score (nSPS) is 12.1. The van der Waals surface area contributed by atoms with Gasteiger partial charge in [-0.3, -0.25) is 5.43 Å². The van der Waals surface area contributed by atoms with Crippen LogP contribution in [0.25, 0.3) is 0 Å². The van der Waals surface area contributed by atoms with Crippen LogP contribution in [0.5, 0.6) is 0 Å². The molecule has 0 radical (unpaired) electrons. The number of hydrazone groups is 1. The van der Waals surface area contributed by atoms with Crippen LogP contribution in [0.3, 0.4) is 0 Å². The van der Waals surface area contributed by atoms with Crippen LogP contribution >= 0.6 is 12.2 Å². The molecule has 5 heteroatoms. The van der Waals surface area contributed by atoms with Crippen LogP contribution in [-0.4, -0.2) is 11.3 Å². The number of nitrogens with zero attached hydrogens (tertiary/aromatic N) is 1. The molecule has 0 aromatic heterocycles. The number of anilines is 1. The first-order valence-electron chi connectivity index (χ1n) is 6.56. The molecule has 0 fully saturated rings.